The molecule has 0 radical (unpaired) electrons. The minimum absolute atomic E-state index is 0.0539. The molecule has 0 amide bonds. The van der Waals surface area contributed by atoms with E-state index < -0.39 is 38.7 Å². The standard InChI is InChI=1S/C12H15ClFNO4S/c1-3-7(2)11(12(16)17)15-20(18,19)10-5-4-8(13)6-9(10)14/h4-7,11,15H,3H2,1-2H3,(H,16,17). The highest BCUT2D eigenvalue weighted by Gasteiger charge is 2.30. The van der Waals surface area contributed by atoms with Crippen molar-refractivity contribution in [2.24, 2.45) is 5.92 Å². The minimum Gasteiger partial charge on any atom is -0.480 e. The van der Waals surface area contributed by atoms with Crippen molar-refractivity contribution < 1.29 is 22.7 Å². The summed E-state index contributed by atoms with van der Waals surface area (Å²) in [6.07, 6.45) is 0.461. The van der Waals surface area contributed by atoms with Gasteiger partial charge in [-0.15, -0.1) is 0 Å². The van der Waals surface area contributed by atoms with Crippen LogP contribution in [0.1, 0.15) is 20.3 Å². The van der Waals surface area contributed by atoms with Crippen LogP contribution in [0.2, 0.25) is 5.02 Å². The van der Waals surface area contributed by atoms with Crippen molar-refractivity contribution in [3.8, 4) is 0 Å². The summed E-state index contributed by atoms with van der Waals surface area (Å²) in [6, 6.07) is 1.75. The molecule has 0 heterocycles. The lowest BCUT2D eigenvalue weighted by Gasteiger charge is -2.20. The fourth-order valence-electron chi connectivity index (χ4n) is 1.57. The van der Waals surface area contributed by atoms with Crippen LogP contribution in [-0.4, -0.2) is 25.5 Å². The molecule has 0 fully saturated rings. The highest BCUT2D eigenvalue weighted by atomic mass is 35.5. The van der Waals surface area contributed by atoms with Crippen molar-refractivity contribution in [3.63, 3.8) is 0 Å². The van der Waals surface area contributed by atoms with Gasteiger partial charge in [0.2, 0.25) is 10.0 Å². The quantitative estimate of drug-likeness (QED) is 0.841. The number of benzene rings is 1. The van der Waals surface area contributed by atoms with Crippen LogP contribution in [0.25, 0.3) is 0 Å². The lowest BCUT2D eigenvalue weighted by Crippen LogP contribution is -2.45. The highest BCUT2D eigenvalue weighted by molar-refractivity contribution is 7.89. The van der Waals surface area contributed by atoms with Crippen molar-refractivity contribution in [2.45, 2.75) is 31.2 Å². The van der Waals surface area contributed by atoms with Gasteiger partial charge in [-0.2, -0.15) is 4.72 Å². The van der Waals surface area contributed by atoms with Gasteiger partial charge in [0, 0.05) is 5.02 Å². The van der Waals surface area contributed by atoms with E-state index in [1.54, 1.807) is 13.8 Å². The highest BCUT2D eigenvalue weighted by Crippen LogP contribution is 2.20. The molecule has 1 aromatic carbocycles. The van der Waals surface area contributed by atoms with Crippen LogP contribution in [0.5, 0.6) is 0 Å². The van der Waals surface area contributed by atoms with E-state index in [1.807, 2.05) is 4.72 Å². The number of hydrogen-bond donors (Lipinski definition) is 2. The lowest BCUT2D eigenvalue weighted by atomic mass is 10.0. The van der Waals surface area contributed by atoms with Crippen molar-refractivity contribution in [1.82, 2.24) is 4.72 Å². The number of carbonyl (C=O) groups is 1. The average Bonchev–Trinajstić information content (AvgIpc) is 2.34. The van der Waals surface area contributed by atoms with Crippen molar-refractivity contribution in [1.29, 1.82) is 0 Å². The van der Waals surface area contributed by atoms with E-state index >= 15 is 0 Å². The van der Waals surface area contributed by atoms with Crippen LogP contribution >= 0.6 is 11.6 Å². The summed E-state index contributed by atoms with van der Waals surface area (Å²) in [5.74, 6) is -2.77. The van der Waals surface area contributed by atoms with Gasteiger partial charge < -0.3 is 5.11 Å². The lowest BCUT2D eigenvalue weighted by molar-refractivity contribution is -0.140. The first-order valence-electron chi connectivity index (χ1n) is 5.89. The predicted molar refractivity (Wildman–Crippen MR) is 72.6 cm³/mol. The van der Waals surface area contributed by atoms with Gasteiger partial charge in [0.1, 0.15) is 16.8 Å². The van der Waals surface area contributed by atoms with Crippen molar-refractivity contribution in [2.75, 3.05) is 0 Å². The Morgan fingerprint density at radius 1 is 1.50 bits per heavy atom. The zero-order valence-electron chi connectivity index (χ0n) is 10.9. The van der Waals surface area contributed by atoms with Gasteiger partial charge in [-0.25, -0.2) is 12.8 Å². The third kappa shape index (κ3) is 3.91. The van der Waals surface area contributed by atoms with Gasteiger partial charge in [-0.1, -0.05) is 31.9 Å². The van der Waals surface area contributed by atoms with E-state index in [0.717, 1.165) is 12.1 Å². The molecule has 0 aliphatic carbocycles. The van der Waals surface area contributed by atoms with E-state index in [0.29, 0.717) is 6.42 Å². The third-order valence-corrected chi connectivity index (χ3v) is 4.65. The largest absolute Gasteiger partial charge is 0.480 e. The minimum atomic E-state index is -4.27. The number of aliphatic carboxylic acids is 1. The first-order valence-corrected chi connectivity index (χ1v) is 7.75. The van der Waals surface area contributed by atoms with E-state index in [1.165, 1.54) is 6.07 Å². The summed E-state index contributed by atoms with van der Waals surface area (Å²) in [7, 11) is -4.27. The maximum Gasteiger partial charge on any atom is 0.322 e. The molecular weight excluding hydrogens is 309 g/mol. The van der Waals surface area contributed by atoms with E-state index in [-0.39, 0.29) is 5.02 Å². The first-order chi connectivity index (χ1) is 9.19. The Morgan fingerprint density at radius 2 is 2.10 bits per heavy atom. The topological polar surface area (TPSA) is 83.5 Å². The normalized spacial score (nSPS) is 14.8. The number of halogens is 2. The number of carboxylic acids is 1. The monoisotopic (exact) mass is 323 g/mol. The number of sulfonamides is 1. The number of rotatable bonds is 6. The molecule has 2 N–H and O–H groups in total. The smallest absolute Gasteiger partial charge is 0.322 e. The maximum atomic E-state index is 13.6. The molecule has 0 aliphatic rings. The Hall–Kier alpha value is -1.18. The van der Waals surface area contributed by atoms with Crippen LogP contribution in [-0.2, 0) is 14.8 Å². The number of carboxylic acid groups (broad SMARTS) is 1. The molecule has 0 aliphatic heterocycles. The van der Waals surface area contributed by atoms with Gasteiger partial charge in [-0.05, 0) is 24.1 Å². The zero-order chi connectivity index (χ0) is 15.5. The van der Waals surface area contributed by atoms with Crippen LogP contribution in [0.4, 0.5) is 4.39 Å². The molecule has 0 spiro atoms. The van der Waals surface area contributed by atoms with Crippen LogP contribution < -0.4 is 4.72 Å². The fraction of sp³-hybridized carbons (Fsp3) is 0.417. The SMILES string of the molecule is CCC(C)C(NS(=O)(=O)c1ccc(Cl)cc1F)C(=O)O. The molecule has 0 saturated heterocycles. The van der Waals surface area contributed by atoms with Gasteiger partial charge in [-0.3, -0.25) is 4.79 Å². The van der Waals surface area contributed by atoms with Crippen molar-refractivity contribution >= 4 is 27.6 Å². The van der Waals surface area contributed by atoms with Gasteiger partial charge in [0.25, 0.3) is 0 Å². The molecule has 1 rings (SSSR count). The number of nitrogens with one attached hydrogen (secondary N) is 1. The third-order valence-electron chi connectivity index (χ3n) is 2.94. The summed E-state index contributed by atoms with van der Waals surface area (Å²) < 4.78 is 39.7. The maximum absolute atomic E-state index is 13.6. The summed E-state index contributed by atoms with van der Waals surface area (Å²) >= 11 is 5.55. The predicted octanol–water partition coefficient (Wildman–Crippen LogP) is 2.26. The fourth-order valence-corrected chi connectivity index (χ4v) is 3.09. The molecular formula is C12H15ClFNO4S. The molecule has 0 bridgehead atoms. The Balaban J connectivity index is 3.13. The van der Waals surface area contributed by atoms with Crippen LogP contribution in [0.3, 0.4) is 0 Å². The molecule has 112 valence electrons. The molecule has 20 heavy (non-hydrogen) atoms. The van der Waals surface area contributed by atoms with Gasteiger partial charge in [0.15, 0.2) is 0 Å². The number of hydrogen-bond acceptors (Lipinski definition) is 3. The van der Waals surface area contributed by atoms with E-state index in [2.05, 4.69) is 0 Å². The second kappa shape index (κ2) is 6.51. The summed E-state index contributed by atoms with van der Waals surface area (Å²) in [4.78, 5) is 10.5. The molecule has 0 aromatic heterocycles. The Kier molecular flexibility index (Phi) is 5.50. The molecule has 2 atom stereocenters. The zero-order valence-corrected chi connectivity index (χ0v) is 12.5. The Bertz CT molecular complexity index is 605. The van der Waals surface area contributed by atoms with Gasteiger partial charge in [0.05, 0.1) is 0 Å². The van der Waals surface area contributed by atoms with Crippen molar-refractivity contribution in [3.05, 3.63) is 29.0 Å². The Morgan fingerprint density at radius 3 is 2.55 bits per heavy atom. The Labute approximate surface area is 121 Å². The molecule has 5 nitrogen and oxygen atoms in total. The van der Waals surface area contributed by atoms with Gasteiger partial charge >= 0.3 is 5.97 Å². The molecule has 2 unspecified atom stereocenters. The summed E-state index contributed by atoms with van der Waals surface area (Å²) in [5, 5.41) is 9.11. The molecule has 1 aromatic rings. The summed E-state index contributed by atoms with van der Waals surface area (Å²) in [5.41, 5.74) is 0. The second-order valence-electron chi connectivity index (χ2n) is 4.40. The van der Waals surface area contributed by atoms with E-state index in [9.17, 15) is 17.6 Å². The molecule has 0 saturated carbocycles. The van der Waals surface area contributed by atoms with Crippen LogP contribution in [0.15, 0.2) is 23.1 Å². The average molecular weight is 324 g/mol. The van der Waals surface area contributed by atoms with Crippen LogP contribution in [0, 0.1) is 11.7 Å². The summed E-state index contributed by atoms with van der Waals surface area (Å²) in [6.45, 7) is 3.33. The first kappa shape index (κ1) is 16.9. The molecule has 8 heteroatoms. The second-order valence-corrected chi connectivity index (χ2v) is 6.52. The van der Waals surface area contributed by atoms with E-state index in [4.69, 9.17) is 16.7 Å².